The maximum Gasteiger partial charge on any atom is 0.111 e. The molecule has 0 aliphatic rings. The largest absolute Gasteiger partial charge is 0.192 e. The van der Waals surface area contributed by atoms with Crippen molar-refractivity contribution in [1.29, 1.82) is 5.26 Å². The predicted molar refractivity (Wildman–Crippen MR) is 46.5 cm³/mol. The molecule has 0 aliphatic heterocycles. The molecule has 0 bridgehead atoms. The van der Waals surface area contributed by atoms with Crippen molar-refractivity contribution in [2.45, 2.75) is 13.1 Å². The molecule has 0 saturated heterocycles. The lowest BCUT2D eigenvalue weighted by Crippen LogP contribution is -1.93. The zero-order valence-corrected chi connectivity index (χ0v) is 6.54. The van der Waals surface area contributed by atoms with E-state index in [1.807, 2.05) is 31.1 Å². The Morgan fingerprint density at radius 1 is 1.45 bits per heavy atom. The summed E-state index contributed by atoms with van der Waals surface area (Å²) in [5.41, 5.74) is 1.89. The molecule has 1 nitrogen and oxygen atoms in total. The molecule has 0 fully saturated rings. The third kappa shape index (κ3) is 1.85. The van der Waals surface area contributed by atoms with Crippen LogP contribution < -0.4 is 0 Å². The Bertz CT molecular complexity index is 275. The second-order valence-electron chi connectivity index (χ2n) is 2.38. The zero-order chi connectivity index (χ0) is 8.10. The van der Waals surface area contributed by atoms with E-state index < -0.39 is 0 Å². The molecule has 0 spiro atoms. The molecule has 0 heterocycles. The van der Waals surface area contributed by atoms with E-state index in [4.69, 9.17) is 5.26 Å². The predicted octanol–water partition coefficient (Wildman–Crippen LogP) is 1.81. The highest BCUT2D eigenvalue weighted by Crippen LogP contribution is 2.06. The van der Waals surface area contributed by atoms with E-state index in [1.54, 1.807) is 0 Å². The van der Waals surface area contributed by atoms with Crippen molar-refractivity contribution >= 4 is 7.28 Å². The quantitative estimate of drug-likeness (QED) is 0.577. The topological polar surface area (TPSA) is 23.8 Å². The first-order chi connectivity index (χ1) is 5.38. The molecular formula is C9H9BN. The van der Waals surface area contributed by atoms with Gasteiger partial charge < -0.3 is 0 Å². The van der Waals surface area contributed by atoms with Gasteiger partial charge in [-0.3, -0.25) is 0 Å². The Labute approximate surface area is 67.9 Å². The number of nitriles is 1. The molecule has 0 amide bonds. The van der Waals surface area contributed by atoms with Gasteiger partial charge in [-0.15, -0.1) is 0 Å². The van der Waals surface area contributed by atoms with Crippen LogP contribution in [0.1, 0.15) is 11.1 Å². The van der Waals surface area contributed by atoms with Crippen molar-refractivity contribution in [3.63, 3.8) is 0 Å². The second-order valence-corrected chi connectivity index (χ2v) is 2.38. The zero-order valence-electron chi connectivity index (χ0n) is 6.54. The van der Waals surface area contributed by atoms with Gasteiger partial charge in [0.05, 0.1) is 11.6 Å². The molecule has 0 N–H and O–H groups in total. The highest BCUT2D eigenvalue weighted by molar-refractivity contribution is 6.32. The molecule has 53 valence electrons. The minimum atomic E-state index is 0.783. The Kier molecular flexibility index (Phi) is 2.74. The minimum Gasteiger partial charge on any atom is -0.192 e. The molecule has 1 radical (unpaired) electrons. The average molecular weight is 142 g/mol. The van der Waals surface area contributed by atoms with E-state index in [9.17, 15) is 0 Å². The Morgan fingerprint density at radius 3 is 2.82 bits per heavy atom. The fraction of sp³-hybridized carbons (Fsp3) is 0.222. The van der Waals surface area contributed by atoms with Gasteiger partial charge in [0.15, 0.2) is 0 Å². The van der Waals surface area contributed by atoms with E-state index in [1.165, 1.54) is 0 Å². The van der Waals surface area contributed by atoms with Gasteiger partial charge in [0.25, 0.3) is 0 Å². The van der Waals surface area contributed by atoms with Crippen LogP contribution in [0.25, 0.3) is 0 Å². The lowest BCUT2D eigenvalue weighted by Gasteiger charge is -1.98. The van der Waals surface area contributed by atoms with E-state index in [2.05, 4.69) is 13.3 Å². The van der Waals surface area contributed by atoms with Crippen LogP contribution in [0.3, 0.4) is 0 Å². The van der Waals surface area contributed by atoms with Crippen molar-refractivity contribution in [2.24, 2.45) is 0 Å². The van der Waals surface area contributed by atoms with E-state index in [0.29, 0.717) is 0 Å². The summed E-state index contributed by atoms with van der Waals surface area (Å²) in [6.07, 6.45) is 0.879. The van der Waals surface area contributed by atoms with Crippen LogP contribution in [0.2, 0.25) is 6.82 Å². The summed E-state index contributed by atoms with van der Waals surface area (Å²) in [4.78, 5) is 0. The molecule has 1 aromatic rings. The maximum absolute atomic E-state index is 8.68. The molecule has 11 heavy (non-hydrogen) atoms. The van der Waals surface area contributed by atoms with Gasteiger partial charge in [0.1, 0.15) is 7.28 Å². The third-order valence-corrected chi connectivity index (χ3v) is 1.56. The standard InChI is InChI=1S/C9H9BN/c1-10-6-8-4-2-3-5-9(8)7-11/h2-5H,6H2,1H3. The summed E-state index contributed by atoms with van der Waals surface area (Å²) >= 11 is 0. The van der Waals surface area contributed by atoms with Gasteiger partial charge in [-0.05, 0) is 11.6 Å². The lowest BCUT2D eigenvalue weighted by molar-refractivity contribution is 1.33. The highest BCUT2D eigenvalue weighted by atomic mass is 14.2. The normalized spacial score (nSPS) is 8.73. The number of rotatable bonds is 2. The van der Waals surface area contributed by atoms with Crippen LogP contribution in [-0.2, 0) is 6.32 Å². The molecule has 0 atom stereocenters. The minimum absolute atomic E-state index is 0.783. The van der Waals surface area contributed by atoms with E-state index in [-0.39, 0.29) is 0 Å². The van der Waals surface area contributed by atoms with Crippen molar-refractivity contribution in [2.75, 3.05) is 0 Å². The summed E-state index contributed by atoms with van der Waals surface area (Å²) in [7, 11) is 2.05. The fourth-order valence-corrected chi connectivity index (χ4v) is 1.03. The molecule has 0 unspecified atom stereocenters. The van der Waals surface area contributed by atoms with Crippen LogP contribution in [0.15, 0.2) is 24.3 Å². The van der Waals surface area contributed by atoms with Crippen molar-refractivity contribution in [3.8, 4) is 6.07 Å². The number of hydrogen-bond donors (Lipinski definition) is 0. The van der Waals surface area contributed by atoms with Gasteiger partial charge in [0, 0.05) is 0 Å². The van der Waals surface area contributed by atoms with Gasteiger partial charge in [-0.1, -0.05) is 31.3 Å². The first kappa shape index (κ1) is 7.88. The molecular weight excluding hydrogens is 133 g/mol. The SMILES string of the molecule is C[B]Cc1ccccc1C#N. The van der Waals surface area contributed by atoms with Gasteiger partial charge >= 0.3 is 0 Å². The van der Waals surface area contributed by atoms with E-state index in [0.717, 1.165) is 17.4 Å². The first-order valence-corrected chi connectivity index (χ1v) is 3.64. The molecule has 0 aliphatic carbocycles. The van der Waals surface area contributed by atoms with Crippen molar-refractivity contribution in [3.05, 3.63) is 35.4 Å². The molecule has 1 rings (SSSR count). The summed E-state index contributed by atoms with van der Waals surface area (Å²) in [5, 5.41) is 8.68. The van der Waals surface area contributed by atoms with Gasteiger partial charge in [-0.25, -0.2) is 0 Å². The first-order valence-electron chi connectivity index (χ1n) is 3.64. The third-order valence-electron chi connectivity index (χ3n) is 1.56. The second kappa shape index (κ2) is 3.83. The average Bonchev–Trinajstić information content (AvgIpc) is 2.06. The Hall–Kier alpha value is -1.23. The summed E-state index contributed by atoms with van der Waals surface area (Å²) in [5.74, 6) is 0. The monoisotopic (exact) mass is 142 g/mol. The summed E-state index contributed by atoms with van der Waals surface area (Å²) in [6, 6.07) is 9.84. The van der Waals surface area contributed by atoms with Crippen LogP contribution in [0, 0.1) is 11.3 Å². The lowest BCUT2D eigenvalue weighted by atomic mass is 9.74. The van der Waals surface area contributed by atoms with Gasteiger partial charge in [0.2, 0.25) is 0 Å². The molecule has 0 saturated carbocycles. The highest BCUT2D eigenvalue weighted by Gasteiger charge is 1.97. The Balaban J connectivity index is 2.95. The maximum atomic E-state index is 8.68. The van der Waals surface area contributed by atoms with Gasteiger partial charge in [-0.2, -0.15) is 5.26 Å². The van der Waals surface area contributed by atoms with E-state index >= 15 is 0 Å². The fourth-order valence-electron chi connectivity index (χ4n) is 1.03. The Morgan fingerprint density at radius 2 is 2.18 bits per heavy atom. The van der Waals surface area contributed by atoms with Crippen LogP contribution in [-0.4, -0.2) is 7.28 Å². The molecule has 2 heteroatoms. The smallest absolute Gasteiger partial charge is 0.111 e. The number of nitrogens with zero attached hydrogens (tertiary/aromatic N) is 1. The van der Waals surface area contributed by atoms with Crippen LogP contribution in [0.4, 0.5) is 0 Å². The van der Waals surface area contributed by atoms with Crippen LogP contribution in [0.5, 0.6) is 0 Å². The summed E-state index contributed by atoms with van der Waals surface area (Å²) in [6.45, 7) is 1.99. The molecule has 1 aromatic carbocycles. The number of benzene rings is 1. The summed E-state index contributed by atoms with van der Waals surface area (Å²) < 4.78 is 0. The van der Waals surface area contributed by atoms with Crippen molar-refractivity contribution < 1.29 is 0 Å². The molecule has 0 aromatic heterocycles. The van der Waals surface area contributed by atoms with Crippen molar-refractivity contribution in [1.82, 2.24) is 0 Å². The van der Waals surface area contributed by atoms with Crippen LogP contribution >= 0.6 is 0 Å². The number of hydrogen-bond acceptors (Lipinski definition) is 1.